The van der Waals surface area contributed by atoms with Crippen LogP contribution in [0.3, 0.4) is 0 Å². The summed E-state index contributed by atoms with van der Waals surface area (Å²) in [6.45, 7) is 0.638. The number of hydrogen-bond acceptors (Lipinski definition) is 4. The average Bonchev–Trinajstić information content (AvgIpc) is 2.55. The molecule has 0 amide bonds. The SMILES string of the molecule is B[C@@H]1O[C@@]2(COC)CSC1C2OC. The summed E-state index contributed by atoms with van der Waals surface area (Å²) in [6.07, 6.45) is 0.201. The number of ether oxygens (including phenoxy) is 3. The summed E-state index contributed by atoms with van der Waals surface area (Å²) in [5.74, 6) is 0.994. The lowest BCUT2D eigenvalue weighted by atomic mass is 9.93. The number of rotatable bonds is 3. The monoisotopic (exact) mass is 202 g/mol. The van der Waals surface area contributed by atoms with Crippen molar-refractivity contribution in [3.05, 3.63) is 0 Å². The predicted octanol–water partition coefficient (Wildman–Crippen LogP) is -0.509. The van der Waals surface area contributed by atoms with Gasteiger partial charge in [-0.2, -0.15) is 11.8 Å². The first-order valence-electron chi connectivity index (χ1n) is 4.54. The maximum atomic E-state index is 5.92. The van der Waals surface area contributed by atoms with Gasteiger partial charge in [-0.05, 0) is 0 Å². The number of methoxy groups -OCH3 is 2. The summed E-state index contributed by atoms with van der Waals surface area (Å²) in [7, 11) is 5.58. The molecule has 2 heterocycles. The molecule has 13 heavy (non-hydrogen) atoms. The van der Waals surface area contributed by atoms with Crippen LogP contribution in [0.5, 0.6) is 0 Å². The van der Waals surface area contributed by atoms with Crippen molar-refractivity contribution in [1.29, 1.82) is 0 Å². The summed E-state index contributed by atoms with van der Waals surface area (Å²) < 4.78 is 16.6. The molecule has 2 aliphatic heterocycles. The van der Waals surface area contributed by atoms with Crippen LogP contribution >= 0.6 is 11.8 Å². The largest absolute Gasteiger partial charge is 0.382 e. The molecule has 0 aliphatic carbocycles. The first-order chi connectivity index (χ1) is 6.23. The minimum atomic E-state index is -0.182. The van der Waals surface area contributed by atoms with Crippen LogP contribution in [-0.2, 0) is 14.2 Å². The fourth-order valence-electron chi connectivity index (χ4n) is 2.38. The molecule has 0 aromatic heterocycles. The van der Waals surface area contributed by atoms with Crippen molar-refractivity contribution in [2.75, 3.05) is 26.6 Å². The summed E-state index contributed by atoms with van der Waals surface area (Å²) in [6, 6.07) is 0.291. The first kappa shape index (κ1) is 9.83. The van der Waals surface area contributed by atoms with Crippen LogP contribution in [-0.4, -0.2) is 57.4 Å². The standard InChI is InChI=1S/C8H15BO3S/c1-10-3-8-4-13-5(6(8)11-2)7(9)12-8/h5-7H,3-4,9H2,1-2H3/t5?,6?,7-,8+/m1/s1. The maximum Gasteiger partial charge on any atom is 0.140 e. The van der Waals surface area contributed by atoms with Gasteiger partial charge in [-0.15, -0.1) is 0 Å². The summed E-state index contributed by atoms with van der Waals surface area (Å²) in [5, 5.41) is 0.486. The van der Waals surface area contributed by atoms with Crippen molar-refractivity contribution >= 4 is 19.6 Å². The summed E-state index contributed by atoms with van der Waals surface area (Å²) in [4.78, 5) is 0. The van der Waals surface area contributed by atoms with Crippen molar-refractivity contribution in [2.45, 2.75) is 23.0 Å². The fourth-order valence-corrected chi connectivity index (χ4v) is 4.03. The molecule has 0 aromatic carbocycles. The molecule has 0 spiro atoms. The van der Waals surface area contributed by atoms with Gasteiger partial charge in [0.05, 0.1) is 11.9 Å². The second kappa shape index (κ2) is 3.46. The molecular formula is C8H15BO3S. The van der Waals surface area contributed by atoms with Crippen LogP contribution in [0.15, 0.2) is 0 Å². The lowest BCUT2D eigenvalue weighted by molar-refractivity contribution is -0.0981. The van der Waals surface area contributed by atoms with E-state index in [1.165, 1.54) is 0 Å². The molecule has 0 aromatic rings. The van der Waals surface area contributed by atoms with E-state index in [4.69, 9.17) is 14.2 Å². The minimum absolute atomic E-state index is 0.182. The third kappa shape index (κ3) is 1.33. The van der Waals surface area contributed by atoms with Gasteiger partial charge in [0, 0.05) is 26.0 Å². The van der Waals surface area contributed by atoms with Gasteiger partial charge in [0.2, 0.25) is 0 Å². The van der Waals surface area contributed by atoms with E-state index in [1.54, 1.807) is 14.2 Å². The van der Waals surface area contributed by atoms with Crippen LogP contribution in [0.25, 0.3) is 0 Å². The van der Waals surface area contributed by atoms with E-state index in [0.717, 1.165) is 5.75 Å². The van der Waals surface area contributed by atoms with Gasteiger partial charge in [-0.25, -0.2) is 0 Å². The lowest BCUT2D eigenvalue weighted by Crippen LogP contribution is -2.45. The molecule has 74 valence electrons. The smallest absolute Gasteiger partial charge is 0.140 e. The average molecular weight is 202 g/mol. The van der Waals surface area contributed by atoms with Crippen LogP contribution in [0.2, 0.25) is 0 Å². The molecule has 0 N–H and O–H groups in total. The van der Waals surface area contributed by atoms with Crippen LogP contribution in [0.4, 0.5) is 0 Å². The lowest BCUT2D eigenvalue weighted by Gasteiger charge is -2.29. The normalized spacial score (nSPS) is 48.6. The van der Waals surface area contributed by atoms with E-state index < -0.39 is 0 Å². The third-order valence-electron chi connectivity index (χ3n) is 2.86. The summed E-state index contributed by atoms with van der Waals surface area (Å²) in [5.41, 5.74) is -0.182. The molecule has 5 heteroatoms. The molecule has 2 rings (SSSR count). The van der Waals surface area contributed by atoms with Gasteiger partial charge in [-0.1, -0.05) is 0 Å². The molecule has 2 bridgehead atoms. The third-order valence-corrected chi connectivity index (χ3v) is 4.53. The Kier molecular flexibility index (Phi) is 2.62. The Balaban J connectivity index is 2.17. The fraction of sp³-hybridized carbons (Fsp3) is 1.00. The Morgan fingerprint density at radius 1 is 1.62 bits per heavy atom. The quantitative estimate of drug-likeness (QED) is 0.576. The molecule has 2 saturated heterocycles. The Hall–Kier alpha value is 0.295. The van der Waals surface area contributed by atoms with Gasteiger partial charge < -0.3 is 14.2 Å². The predicted molar refractivity (Wildman–Crippen MR) is 55.1 cm³/mol. The number of fused-ring (bicyclic) bond motifs is 2. The van der Waals surface area contributed by atoms with Gasteiger partial charge in [0.1, 0.15) is 19.6 Å². The molecule has 0 radical (unpaired) electrons. The number of hydrogen-bond donors (Lipinski definition) is 0. The first-order valence-corrected chi connectivity index (χ1v) is 5.59. The highest BCUT2D eigenvalue weighted by atomic mass is 32.2. The maximum absolute atomic E-state index is 5.92. The molecular weight excluding hydrogens is 187 g/mol. The molecule has 0 saturated carbocycles. The zero-order chi connectivity index (χ0) is 9.47. The molecule has 4 atom stereocenters. The molecule has 2 fully saturated rings. The molecule has 3 nitrogen and oxygen atoms in total. The Morgan fingerprint density at radius 2 is 2.38 bits per heavy atom. The molecule has 2 unspecified atom stereocenters. The van der Waals surface area contributed by atoms with Crippen molar-refractivity contribution in [3.63, 3.8) is 0 Å². The van der Waals surface area contributed by atoms with E-state index >= 15 is 0 Å². The highest BCUT2D eigenvalue weighted by Crippen LogP contribution is 2.48. The summed E-state index contributed by atoms with van der Waals surface area (Å²) >= 11 is 1.94. The van der Waals surface area contributed by atoms with E-state index in [1.807, 2.05) is 11.8 Å². The van der Waals surface area contributed by atoms with E-state index in [-0.39, 0.29) is 11.7 Å². The highest BCUT2D eigenvalue weighted by molar-refractivity contribution is 8.00. The topological polar surface area (TPSA) is 27.7 Å². The molecule has 2 aliphatic rings. The van der Waals surface area contributed by atoms with Gasteiger partial charge in [-0.3, -0.25) is 0 Å². The van der Waals surface area contributed by atoms with Crippen molar-refractivity contribution in [3.8, 4) is 0 Å². The minimum Gasteiger partial charge on any atom is -0.382 e. The highest BCUT2D eigenvalue weighted by Gasteiger charge is 2.59. The second-order valence-corrected chi connectivity index (χ2v) is 4.92. The zero-order valence-corrected chi connectivity index (χ0v) is 9.10. The van der Waals surface area contributed by atoms with E-state index in [9.17, 15) is 0 Å². The zero-order valence-electron chi connectivity index (χ0n) is 8.28. The van der Waals surface area contributed by atoms with E-state index in [2.05, 4.69) is 7.85 Å². The Bertz CT molecular complexity index is 204. The van der Waals surface area contributed by atoms with E-state index in [0.29, 0.717) is 17.9 Å². The van der Waals surface area contributed by atoms with Crippen molar-refractivity contribution in [2.24, 2.45) is 0 Å². The number of thioether (sulfide) groups is 1. The van der Waals surface area contributed by atoms with Gasteiger partial charge in [0.25, 0.3) is 0 Å². The van der Waals surface area contributed by atoms with Crippen molar-refractivity contribution in [1.82, 2.24) is 0 Å². The Morgan fingerprint density at radius 3 is 2.92 bits per heavy atom. The van der Waals surface area contributed by atoms with Crippen LogP contribution in [0.1, 0.15) is 0 Å². The van der Waals surface area contributed by atoms with Crippen LogP contribution in [0, 0.1) is 0 Å². The van der Waals surface area contributed by atoms with Gasteiger partial charge >= 0.3 is 0 Å². The van der Waals surface area contributed by atoms with Crippen LogP contribution < -0.4 is 0 Å². The van der Waals surface area contributed by atoms with Gasteiger partial charge in [0.15, 0.2) is 0 Å². The Labute approximate surface area is 83.9 Å². The second-order valence-electron chi connectivity index (χ2n) is 3.75. The van der Waals surface area contributed by atoms with Crippen molar-refractivity contribution < 1.29 is 14.2 Å².